The van der Waals surface area contributed by atoms with Gasteiger partial charge in [0.05, 0.1) is 16.6 Å². The quantitative estimate of drug-likeness (QED) is 0.760. The molecule has 4 heteroatoms. The lowest BCUT2D eigenvalue weighted by atomic mass is 10.00. The molecular weight excluding hydrogens is 202 g/mol. The molecule has 1 aliphatic rings. The zero-order valence-corrected chi connectivity index (χ0v) is 9.08. The van der Waals surface area contributed by atoms with Crippen LogP contribution in [0.25, 0.3) is 11.0 Å². The molecule has 3 rings (SSSR count). The van der Waals surface area contributed by atoms with E-state index in [1.807, 2.05) is 31.2 Å². The molecule has 0 radical (unpaired) electrons. The van der Waals surface area contributed by atoms with Gasteiger partial charge >= 0.3 is 0 Å². The Hall–Kier alpha value is -1.84. The minimum absolute atomic E-state index is 0.1000. The van der Waals surface area contributed by atoms with E-state index in [0.29, 0.717) is 6.42 Å². The van der Waals surface area contributed by atoms with Gasteiger partial charge in [0, 0.05) is 6.42 Å². The van der Waals surface area contributed by atoms with Crippen molar-refractivity contribution in [3.8, 4) is 0 Å². The van der Waals surface area contributed by atoms with Crippen LogP contribution in [0.15, 0.2) is 24.3 Å². The second-order valence-electron chi connectivity index (χ2n) is 4.48. The number of nitrogens with zero attached hydrogens (tertiary/aromatic N) is 1. The summed E-state index contributed by atoms with van der Waals surface area (Å²) in [6, 6.07) is 7.89. The lowest BCUT2D eigenvalue weighted by Crippen LogP contribution is -2.36. The number of carbonyl (C=O) groups excluding carboxylic acids is 1. The Morgan fingerprint density at radius 1 is 1.38 bits per heavy atom. The van der Waals surface area contributed by atoms with Crippen molar-refractivity contribution in [2.45, 2.75) is 25.3 Å². The van der Waals surface area contributed by atoms with Crippen LogP contribution in [0.1, 0.15) is 25.6 Å². The number of aromatic amines is 1. The highest BCUT2D eigenvalue weighted by Gasteiger charge is 2.37. The van der Waals surface area contributed by atoms with Crippen LogP contribution in [0.5, 0.6) is 0 Å². The minimum Gasteiger partial charge on any atom is -0.344 e. The average Bonchev–Trinajstić information content (AvgIpc) is 2.83. The van der Waals surface area contributed by atoms with Gasteiger partial charge in [-0.15, -0.1) is 0 Å². The summed E-state index contributed by atoms with van der Waals surface area (Å²) in [5.74, 6) is 0.947. The molecule has 0 unspecified atom stereocenters. The molecule has 0 spiro atoms. The van der Waals surface area contributed by atoms with Gasteiger partial charge in [-0.2, -0.15) is 0 Å². The number of hydrogen-bond acceptors (Lipinski definition) is 2. The van der Waals surface area contributed by atoms with E-state index in [2.05, 4.69) is 15.3 Å². The van der Waals surface area contributed by atoms with E-state index in [1.54, 1.807) is 0 Å². The lowest BCUT2D eigenvalue weighted by molar-refractivity contribution is -0.119. The fourth-order valence-electron chi connectivity index (χ4n) is 2.19. The largest absolute Gasteiger partial charge is 0.344 e. The molecular formula is C12H13N3O. The molecule has 2 heterocycles. The van der Waals surface area contributed by atoms with Crippen LogP contribution in [0.3, 0.4) is 0 Å². The molecule has 0 bridgehead atoms. The molecule has 1 saturated heterocycles. The van der Waals surface area contributed by atoms with E-state index in [0.717, 1.165) is 23.3 Å². The number of fused-ring (bicyclic) bond motifs is 1. The van der Waals surface area contributed by atoms with Crippen LogP contribution in [-0.2, 0) is 10.3 Å². The van der Waals surface area contributed by atoms with Gasteiger partial charge in [0.15, 0.2) is 0 Å². The molecule has 1 atom stereocenters. The lowest BCUT2D eigenvalue weighted by Gasteiger charge is -2.20. The predicted octanol–water partition coefficient (Wildman–Crippen LogP) is 1.69. The van der Waals surface area contributed by atoms with Crippen LogP contribution >= 0.6 is 0 Å². The highest BCUT2D eigenvalue weighted by atomic mass is 16.2. The molecule has 4 nitrogen and oxygen atoms in total. The number of carbonyl (C=O) groups is 1. The zero-order chi connectivity index (χ0) is 11.2. The molecule has 1 aromatic heterocycles. The summed E-state index contributed by atoms with van der Waals surface area (Å²) in [7, 11) is 0. The van der Waals surface area contributed by atoms with Crippen molar-refractivity contribution in [2.75, 3.05) is 0 Å². The number of rotatable bonds is 1. The average molecular weight is 215 g/mol. The first-order valence-electron chi connectivity index (χ1n) is 5.44. The van der Waals surface area contributed by atoms with Crippen molar-refractivity contribution in [3.05, 3.63) is 30.1 Å². The minimum atomic E-state index is -0.337. The first-order valence-corrected chi connectivity index (χ1v) is 5.44. The van der Waals surface area contributed by atoms with Crippen LogP contribution < -0.4 is 5.32 Å². The van der Waals surface area contributed by atoms with Gasteiger partial charge in [-0.3, -0.25) is 4.79 Å². The molecule has 1 aromatic carbocycles. The third-order valence-corrected chi connectivity index (χ3v) is 3.18. The third-order valence-electron chi connectivity index (χ3n) is 3.18. The standard InChI is InChI=1S/C12H13N3O/c1-12(7-6-10(16)15-12)11-13-8-4-2-3-5-9(8)14-11/h2-5H,6-7H2,1H3,(H,13,14)(H,15,16)/t12-/m1/s1. The molecule has 16 heavy (non-hydrogen) atoms. The van der Waals surface area contributed by atoms with Gasteiger partial charge in [0.1, 0.15) is 5.82 Å². The maximum absolute atomic E-state index is 11.3. The third kappa shape index (κ3) is 1.30. The topological polar surface area (TPSA) is 57.8 Å². The number of hydrogen-bond donors (Lipinski definition) is 2. The molecule has 0 aliphatic carbocycles. The fraction of sp³-hybridized carbons (Fsp3) is 0.333. The molecule has 82 valence electrons. The fourth-order valence-corrected chi connectivity index (χ4v) is 2.19. The SMILES string of the molecule is C[C@]1(c2nc3ccccc3[nH]2)CCC(=O)N1. The van der Waals surface area contributed by atoms with Crippen LogP contribution in [0, 0.1) is 0 Å². The van der Waals surface area contributed by atoms with Gasteiger partial charge in [0.25, 0.3) is 0 Å². The van der Waals surface area contributed by atoms with Crippen molar-refractivity contribution in [1.29, 1.82) is 0 Å². The smallest absolute Gasteiger partial charge is 0.220 e. The second kappa shape index (κ2) is 3.07. The first-order chi connectivity index (χ1) is 7.67. The number of amides is 1. The Balaban J connectivity index is 2.09. The molecule has 1 aliphatic heterocycles. The van der Waals surface area contributed by atoms with Crippen molar-refractivity contribution in [2.24, 2.45) is 0 Å². The Kier molecular flexibility index (Phi) is 1.80. The van der Waals surface area contributed by atoms with Gasteiger partial charge in [-0.05, 0) is 25.5 Å². The number of H-pyrrole nitrogens is 1. The monoisotopic (exact) mass is 215 g/mol. The predicted molar refractivity (Wildman–Crippen MR) is 60.8 cm³/mol. The summed E-state index contributed by atoms with van der Waals surface area (Å²) in [4.78, 5) is 19.1. The maximum atomic E-state index is 11.3. The summed E-state index contributed by atoms with van der Waals surface area (Å²) in [6.07, 6.45) is 1.37. The van der Waals surface area contributed by atoms with Gasteiger partial charge in [0.2, 0.25) is 5.91 Å². The van der Waals surface area contributed by atoms with Crippen LogP contribution in [0.2, 0.25) is 0 Å². The highest BCUT2D eigenvalue weighted by molar-refractivity contribution is 5.80. The van der Waals surface area contributed by atoms with E-state index < -0.39 is 0 Å². The summed E-state index contributed by atoms with van der Waals surface area (Å²) >= 11 is 0. The first kappa shape index (κ1) is 9.39. The Morgan fingerprint density at radius 3 is 2.88 bits per heavy atom. The molecule has 2 N–H and O–H groups in total. The van der Waals surface area contributed by atoms with Gasteiger partial charge in [-0.1, -0.05) is 12.1 Å². The molecule has 2 aromatic rings. The van der Waals surface area contributed by atoms with Crippen LogP contribution in [-0.4, -0.2) is 15.9 Å². The number of para-hydroxylation sites is 2. The number of nitrogens with one attached hydrogen (secondary N) is 2. The van der Waals surface area contributed by atoms with Crippen molar-refractivity contribution >= 4 is 16.9 Å². The zero-order valence-electron chi connectivity index (χ0n) is 9.08. The molecule has 1 fully saturated rings. The van der Waals surface area contributed by atoms with Crippen molar-refractivity contribution in [3.63, 3.8) is 0 Å². The van der Waals surface area contributed by atoms with E-state index >= 15 is 0 Å². The summed E-state index contributed by atoms with van der Waals surface area (Å²) < 4.78 is 0. The Morgan fingerprint density at radius 2 is 2.19 bits per heavy atom. The summed E-state index contributed by atoms with van der Waals surface area (Å²) in [6.45, 7) is 2.01. The maximum Gasteiger partial charge on any atom is 0.220 e. The van der Waals surface area contributed by atoms with Gasteiger partial charge in [-0.25, -0.2) is 4.98 Å². The van der Waals surface area contributed by atoms with E-state index in [1.165, 1.54) is 0 Å². The number of benzene rings is 1. The van der Waals surface area contributed by atoms with Crippen molar-refractivity contribution in [1.82, 2.24) is 15.3 Å². The summed E-state index contributed by atoms with van der Waals surface area (Å²) in [5.41, 5.74) is 1.62. The van der Waals surface area contributed by atoms with Crippen LogP contribution in [0.4, 0.5) is 0 Å². The Bertz CT molecular complexity index is 527. The van der Waals surface area contributed by atoms with E-state index in [-0.39, 0.29) is 11.4 Å². The van der Waals surface area contributed by atoms with Gasteiger partial charge < -0.3 is 10.3 Å². The normalized spacial score (nSPS) is 24.9. The van der Waals surface area contributed by atoms with Crippen molar-refractivity contribution < 1.29 is 4.79 Å². The van der Waals surface area contributed by atoms with E-state index in [4.69, 9.17) is 0 Å². The second-order valence-corrected chi connectivity index (χ2v) is 4.48. The van der Waals surface area contributed by atoms with E-state index in [9.17, 15) is 4.79 Å². The Labute approximate surface area is 93.1 Å². The number of aromatic nitrogens is 2. The highest BCUT2D eigenvalue weighted by Crippen LogP contribution is 2.29. The molecule has 1 amide bonds. The molecule has 0 saturated carbocycles. The summed E-state index contributed by atoms with van der Waals surface area (Å²) in [5, 5.41) is 2.97. The number of imidazole rings is 1.